The van der Waals surface area contributed by atoms with Gasteiger partial charge in [-0.25, -0.2) is 26.6 Å². The third-order valence-electron chi connectivity index (χ3n) is 8.95. The zero-order valence-electron chi connectivity index (χ0n) is 24.1. The van der Waals surface area contributed by atoms with Crippen molar-refractivity contribution < 1.29 is 51.6 Å². The Morgan fingerprint density at radius 2 is 1.73 bits per heavy atom. The lowest BCUT2D eigenvalue weighted by molar-refractivity contribution is -0.179. The molecule has 2 aromatic heterocycles. The first-order valence-electron chi connectivity index (χ1n) is 14.8. The van der Waals surface area contributed by atoms with E-state index in [2.05, 4.69) is 15.5 Å². The Morgan fingerprint density at radius 1 is 1.07 bits per heavy atom. The molecule has 45 heavy (non-hydrogen) atoms. The number of rotatable bonds is 9. The van der Waals surface area contributed by atoms with Gasteiger partial charge in [0.05, 0.1) is 23.7 Å². The number of aliphatic hydroxyl groups is 4. The van der Waals surface area contributed by atoms with Crippen LogP contribution in [0.15, 0.2) is 22.9 Å². The third-order valence-corrected chi connectivity index (χ3v) is 10.5. The van der Waals surface area contributed by atoms with Crippen LogP contribution in [0.2, 0.25) is 0 Å². The SMILES string of the molecule is CCc1c([C@H](S[C@@H]2O[C@H](CO)[C@H](O)[C@H](n3cc(-c4cc(F)c(F)c(F)c4)nn3)[C@H]2O)C2(O)CCC(F)(F)CC2)noc1C1CC1. The fourth-order valence-corrected chi connectivity index (χ4v) is 7.80. The molecule has 1 saturated heterocycles. The van der Waals surface area contributed by atoms with Crippen LogP contribution in [0.1, 0.15) is 79.7 Å². The number of thioether (sulfide) groups is 1. The maximum absolute atomic E-state index is 14.2. The van der Waals surface area contributed by atoms with Gasteiger partial charge in [0.1, 0.15) is 46.9 Å². The fourth-order valence-electron chi connectivity index (χ4n) is 6.20. The quantitative estimate of drug-likeness (QED) is 0.195. The van der Waals surface area contributed by atoms with Crippen LogP contribution < -0.4 is 0 Å². The largest absolute Gasteiger partial charge is 0.394 e. The summed E-state index contributed by atoms with van der Waals surface area (Å²) in [5.41, 5.74) is -2.08. The van der Waals surface area contributed by atoms with Crippen LogP contribution in [0.25, 0.3) is 11.3 Å². The molecular formula is C29H33F5N4O6S. The summed E-state index contributed by atoms with van der Waals surface area (Å²) in [6.07, 6.45) is -2.53. The molecule has 0 unspecified atom stereocenters. The minimum Gasteiger partial charge on any atom is -0.394 e. The molecule has 6 rings (SSSR count). The Labute approximate surface area is 258 Å². The van der Waals surface area contributed by atoms with Crippen LogP contribution in [0.5, 0.6) is 0 Å². The molecule has 2 saturated carbocycles. The third kappa shape index (κ3) is 6.12. The van der Waals surface area contributed by atoms with Gasteiger partial charge in [-0.1, -0.05) is 17.3 Å². The average molecular weight is 661 g/mol. The average Bonchev–Trinajstić information content (AvgIpc) is 3.58. The topological polar surface area (TPSA) is 147 Å². The standard InChI is InChI=1S/C29H33F5N4O6S/c1-2-15-21(36-44-25(15)13-3-4-13)26(28(42)5-7-29(33,34)8-6-28)45-27-24(41)22(23(40)19(12-39)43-27)38-11-18(35-37-38)14-9-16(30)20(32)17(31)10-14/h9-11,13,19,22-24,26-27,39-42H,2-8,12H2,1H3/t19-,22+,23+,24-,26+,27+/m1/s1. The van der Waals surface area contributed by atoms with Crippen molar-refractivity contribution in [1.82, 2.24) is 20.2 Å². The maximum atomic E-state index is 14.2. The predicted molar refractivity (Wildman–Crippen MR) is 149 cm³/mol. The second-order valence-electron chi connectivity index (χ2n) is 12.0. The molecule has 246 valence electrons. The number of halogens is 5. The highest BCUT2D eigenvalue weighted by Crippen LogP contribution is 2.54. The van der Waals surface area contributed by atoms with Crippen LogP contribution in [0, 0.1) is 17.5 Å². The van der Waals surface area contributed by atoms with Gasteiger partial charge in [-0.15, -0.1) is 16.9 Å². The molecule has 3 aromatic rings. The van der Waals surface area contributed by atoms with E-state index in [-0.39, 0.29) is 30.0 Å². The highest BCUT2D eigenvalue weighted by molar-refractivity contribution is 8.00. The van der Waals surface area contributed by atoms with Crippen molar-refractivity contribution in [2.24, 2.45) is 0 Å². The van der Waals surface area contributed by atoms with Gasteiger partial charge in [0.2, 0.25) is 5.92 Å². The molecule has 0 amide bonds. The lowest BCUT2D eigenvalue weighted by Crippen LogP contribution is -2.55. The molecule has 10 nitrogen and oxygen atoms in total. The molecule has 1 aliphatic heterocycles. The monoisotopic (exact) mass is 660 g/mol. The molecule has 0 bridgehead atoms. The van der Waals surface area contributed by atoms with E-state index in [9.17, 15) is 42.4 Å². The van der Waals surface area contributed by atoms with Gasteiger partial charge >= 0.3 is 0 Å². The Morgan fingerprint density at radius 3 is 2.33 bits per heavy atom. The minimum absolute atomic E-state index is 0.0958. The van der Waals surface area contributed by atoms with Gasteiger partial charge in [0, 0.05) is 29.9 Å². The summed E-state index contributed by atoms with van der Waals surface area (Å²) in [6, 6.07) is 0.120. The molecule has 0 radical (unpaired) electrons. The summed E-state index contributed by atoms with van der Waals surface area (Å²) in [4.78, 5) is 0. The van der Waals surface area contributed by atoms with Gasteiger partial charge in [0.25, 0.3) is 0 Å². The second kappa shape index (κ2) is 12.2. The van der Waals surface area contributed by atoms with E-state index in [1.807, 2.05) is 6.92 Å². The van der Waals surface area contributed by atoms with E-state index in [1.54, 1.807) is 0 Å². The Bertz CT molecular complexity index is 1500. The number of aliphatic hydroxyl groups excluding tert-OH is 3. The van der Waals surface area contributed by atoms with Gasteiger partial charge in [-0.3, -0.25) is 0 Å². The van der Waals surface area contributed by atoms with E-state index in [1.165, 1.54) is 6.20 Å². The number of nitrogens with zero attached hydrogens (tertiary/aromatic N) is 4. The molecule has 2 aliphatic carbocycles. The molecular weight excluding hydrogens is 627 g/mol. The smallest absolute Gasteiger partial charge is 0.248 e. The molecule has 3 fully saturated rings. The van der Waals surface area contributed by atoms with Gasteiger partial charge in [-0.2, -0.15) is 0 Å². The fraction of sp³-hybridized carbons (Fsp3) is 0.621. The van der Waals surface area contributed by atoms with E-state index in [4.69, 9.17) is 9.26 Å². The van der Waals surface area contributed by atoms with Gasteiger partial charge in [-0.05, 0) is 44.2 Å². The van der Waals surface area contributed by atoms with Crippen molar-refractivity contribution >= 4 is 11.8 Å². The molecule has 16 heteroatoms. The summed E-state index contributed by atoms with van der Waals surface area (Å²) >= 11 is 0.921. The summed E-state index contributed by atoms with van der Waals surface area (Å²) in [5.74, 6) is -6.65. The van der Waals surface area contributed by atoms with Crippen LogP contribution >= 0.6 is 11.8 Å². The highest BCUT2D eigenvalue weighted by atomic mass is 32.2. The van der Waals surface area contributed by atoms with Crippen molar-refractivity contribution in [3.05, 3.63) is 52.8 Å². The van der Waals surface area contributed by atoms with Crippen molar-refractivity contribution in [2.75, 3.05) is 6.61 Å². The van der Waals surface area contributed by atoms with Crippen LogP contribution in [0.3, 0.4) is 0 Å². The second-order valence-corrected chi connectivity index (χ2v) is 13.3. The van der Waals surface area contributed by atoms with Gasteiger partial charge in [0.15, 0.2) is 17.5 Å². The number of hydrogen-bond acceptors (Lipinski definition) is 10. The number of alkyl halides is 2. The van der Waals surface area contributed by atoms with E-state index >= 15 is 0 Å². The zero-order chi connectivity index (χ0) is 32.3. The van der Waals surface area contributed by atoms with E-state index < -0.39 is 83.5 Å². The number of aromatic nitrogens is 4. The molecule has 4 N–H and O–H groups in total. The first-order valence-corrected chi connectivity index (χ1v) is 15.7. The van der Waals surface area contributed by atoms with E-state index in [0.717, 1.165) is 47.0 Å². The van der Waals surface area contributed by atoms with E-state index in [0.29, 0.717) is 17.9 Å². The van der Waals surface area contributed by atoms with Crippen molar-refractivity contribution in [1.29, 1.82) is 0 Å². The van der Waals surface area contributed by atoms with Crippen LogP contribution in [0.4, 0.5) is 22.0 Å². The van der Waals surface area contributed by atoms with Gasteiger partial charge < -0.3 is 29.7 Å². The van der Waals surface area contributed by atoms with Crippen LogP contribution in [-0.4, -0.2) is 82.5 Å². The number of ether oxygens (including phenoxy) is 1. The summed E-state index contributed by atoms with van der Waals surface area (Å²) in [5, 5.41) is 55.7. The summed E-state index contributed by atoms with van der Waals surface area (Å²) < 4.78 is 82.4. The van der Waals surface area contributed by atoms with Crippen molar-refractivity contribution in [2.45, 2.75) is 104 Å². The minimum atomic E-state index is -2.95. The first kappa shape index (κ1) is 32.3. The zero-order valence-corrected chi connectivity index (χ0v) is 24.9. The molecule has 6 atom stereocenters. The summed E-state index contributed by atoms with van der Waals surface area (Å²) in [7, 11) is 0. The number of hydrogen-bond donors (Lipinski definition) is 4. The molecule has 0 spiro atoms. The van der Waals surface area contributed by atoms with Crippen LogP contribution in [-0.2, 0) is 11.2 Å². The number of benzene rings is 1. The molecule has 1 aromatic carbocycles. The summed E-state index contributed by atoms with van der Waals surface area (Å²) in [6.45, 7) is 1.21. The van der Waals surface area contributed by atoms with Crippen molar-refractivity contribution in [3.8, 4) is 11.3 Å². The molecule has 3 aliphatic rings. The lowest BCUT2D eigenvalue weighted by Gasteiger charge is -2.46. The lowest BCUT2D eigenvalue weighted by atomic mass is 9.78. The van der Waals surface area contributed by atoms with Crippen molar-refractivity contribution in [3.63, 3.8) is 0 Å². The normalized spacial score (nSPS) is 28.7. The maximum Gasteiger partial charge on any atom is 0.248 e. The first-order chi connectivity index (χ1) is 21.4. The molecule has 3 heterocycles. The highest BCUT2D eigenvalue weighted by Gasteiger charge is 2.53. The Balaban J connectivity index is 1.34. The Hall–Kier alpha value is -2.63. The Kier molecular flexibility index (Phi) is 8.75. The predicted octanol–water partition coefficient (Wildman–Crippen LogP) is 4.19.